The van der Waals surface area contributed by atoms with E-state index >= 15 is 4.39 Å². The van der Waals surface area contributed by atoms with Gasteiger partial charge in [-0.2, -0.15) is 18.1 Å². The number of halogens is 1. The third-order valence-electron chi connectivity index (χ3n) is 7.31. The second-order valence-corrected chi connectivity index (χ2v) is 12.9. The molecule has 4 aromatic rings. The van der Waals surface area contributed by atoms with Crippen molar-refractivity contribution in [2.24, 2.45) is 0 Å². The third kappa shape index (κ3) is 5.23. The molecule has 3 fully saturated rings. The highest BCUT2D eigenvalue weighted by atomic mass is 32.2. The zero-order valence-electron chi connectivity index (χ0n) is 22.3. The molecule has 7 N–H and O–H groups in total. The van der Waals surface area contributed by atoms with Gasteiger partial charge in [-0.25, -0.2) is 28.5 Å². The summed E-state index contributed by atoms with van der Waals surface area (Å²) in [6.07, 6.45) is -10.6. The summed E-state index contributed by atoms with van der Waals surface area (Å²) in [5.74, 6) is -0.298. The number of fused-ring (bicyclic) bond motifs is 4. The molecule has 3 saturated heterocycles. The van der Waals surface area contributed by atoms with E-state index in [1.54, 1.807) is 0 Å². The molecule has 0 spiro atoms. The molecule has 3 aliphatic rings. The number of hydrogen-bond acceptors (Lipinski definition) is 18. The van der Waals surface area contributed by atoms with Gasteiger partial charge in [0.05, 0.1) is 19.3 Å². The third-order valence-corrected chi connectivity index (χ3v) is 9.27. The van der Waals surface area contributed by atoms with Crippen molar-refractivity contribution in [2.75, 3.05) is 24.6 Å². The Labute approximate surface area is 249 Å². The molecule has 7 heterocycles. The smallest absolute Gasteiger partial charge is 0.336 e. The van der Waals surface area contributed by atoms with Crippen LogP contribution in [0.3, 0.4) is 0 Å². The van der Waals surface area contributed by atoms with E-state index in [1.807, 2.05) is 0 Å². The summed E-state index contributed by atoms with van der Waals surface area (Å²) in [4.78, 5) is 47.1. The molecule has 242 valence electrons. The lowest BCUT2D eigenvalue weighted by Crippen LogP contribution is -2.46. The van der Waals surface area contributed by atoms with E-state index < -0.39 is 86.0 Å². The molecule has 0 bridgehead atoms. The van der Waals surface area contributed by atoms with Crippen LogP contribution in [0.15, 0.2) is 23.8 Å². The molecule has 7 rings (SSSR count). The van der Waals surface area contributed by atoms with Crippen molar-refractivity contribution < 1.29 is 50.1 Å². The number of nitrogen functional groups attached to an aromatic ring is 2. The molecule has 0 aromatic carbocycles. The van der Waals surface area contributed by atoms with E-state index in [0.717, 1.165) is 28.1 Å². The fourth-order valence-electron chi connectivity index (χ4n) is 5.30. The predicted molar refractivity (Wildman–Crippen MR) is 141 cm³/mol. The van der Waals surface area contributed by atoms with E-state index in [1.165, 1.54) is 0 Å². The first-order valence-electron chi connectivity index (χ1n) is 12.9. The topological polar surface area (TPSA) is 312 Å². The summed E-state index contributed by atoms with van der Waals surface area (Å²) in [5, 5.41) is 11.1. The van der Waals surface area contributed by atoms with Gasteiger partial charge in [-0.1, -0.05) is 0 Å². The highest BCUT2D eigenvalue weighted by Gasteiger charge is 2.52. The number of ether oxygens (including phenoxy) is 2. The Kier molecular flexibility index (Phi) is 7.12. The van der Waals surface area contributed by atoms with Crippen LogP contribution in [0.2, 0.25) is 0 Å². The molecule has 1 unspecified atom stereocenters. The van der Waals surface area contributed by atoms with Crippen LogP contribution < -0.4 is 26.6 Å². The number of rotatable bonds is 2. The van der Waals surface area contributed by atoms with E-state index in [0.29, 0.717) is 0 Å². The van der Waals surface area contributed by atoms with Crippen LogP contribution in [0.25, 0.3) is 22.3 Å². The van der Waals surface area contributed by atoms with Crippen LogP contribution in [-0.2, 0) is 37.6 Å². The first-order valence-corrected chi connectivity index (χ1v) is 15.8. The standard InChI is InChI=1S/C20H23FN11O11PS/c21-8-12-6(40-18(8)31-4-26-9-14(22)24-3-25-15(9)31)1-28-45(37,38)43-13-7(2-39-44(35,36)42-12)41-19(11(13)33)32-5-27-10-16(32)29-20(23)30-17(10)34/h3-8,11-13,18-19,28,33H,1-2H2,(H,35,36)(H2,22,24,25)(H3,23,29,30,34)/p-1/t6-,7-,8-,11-,12-,13-,18-,19-/m1/s1. The molecule has 0 aliphatic carbocycles. The SMILES string of the molecule is Nc1nc2c(ncn2[C@@H]2O[C@@H]3COP(=O)([O-])O[C@H]4[C@@H](F)[C@H](n5cnc6c(N)ncnc65)O[C@@H]4CNS(=O)(=O)O[C@H]3[C@H]2O)c(=O)[nH]1. The number of aliphatic hydroxyl groups is 1. The Morgan fingerprint density at radius 1 is 1.04 bits per heavy atom. The molecular weight excluding hydrogens is 652 g/mol. The molecule has 22 nitrogen and oxygen atoms in total. The lowest BCUT2D eigenvalue weighted by Gasteiger charge is -2.31. The molecule has 0 saturated carbocycles. The van der Waals surface area contributed by atoms with E-state index in [9.17, 15) is 27.8 Å². The summed E-state index contributed by atoms with van der Waals surface area (Å²) in [6, 6.07) is 0. The van der Waals surface area contributed by atoms with Crippen molar-refractivity contribution in [1.29, 1.82) is 0 Å². The highest BCUT2D eigenvalue weighted by molar-refractivity contribution is 7.84. The van der Waals surface area contributed by atoms with Gasteiger partial charge >= 0.3 is 10.3 Å². The van der Waals surface area contributed by atoms with Gasteiger partial charge < -0.3 is 40.0 Å². The van der Waals surface area contributed by atoms with E-state index in [2.05, 4.69) is 34.6 Å². The monoisotopic (exact) mass is 674 g/mol. The fraction of sp³-hybridized carbons (Fsp3) is 0.500. The number of alkyl halides is 1. The average Bonchev–Trinajstić information content (AvgIpc) is 3.72. The van der Waals surface area contributed by atoms with Gasteiger partial charge in [0.1, 0.15) is 42.4 Å². The van der Waals surface area contributed by atoms with Crippen molar-refractivity contribution in [2.45, 2.75) is 49.1 Å². The summed E-state index contributed by atoms with van der Waals surface area (Å²) >= 11 is 0. The fourth-order valence-corrected chi connectivity index (χ4v) is 7.21. The first-order chi connectivity index (χ1) is 21.3. The van der Waals surface area contributed by atoms with Crippen LogP contribution >= 0.6 is 7.82 Å². The summed E-state index contributed by atoms with van der Waals surface area (Å²) < 4.78 is 85.6. The Morgan fingerprint density at radius 2 is 1.76 bits per heavy atom. The number of phosphoric ester groups is 1. The second kappa shape index (κ2) is 10.7. The Bertz CT molecular complexity index is 2010. The van der Waals surface area contributed by atoms with Crippen LogP contribution in [0.4, 0.5) is 16.2 Å². The second-order valence-electron chi connectivity index (χ2n) is 10.1. The number of anilines is 2. The molecular formula is C20H22FN11O11PS-. The van der Waals surface area contributed by atoms with Crippen molar-refractivity contribution in [3.8, 4) is 0 Å². The van der Waals surface area contributed by atoms with Crippen molar-refractivity contribution in [3.63, 3.8) is 0 Å². The number of hydrogen-bond donors (Lipinski definition) is 5. The normalized spacial score (nSPS) is 35.5. The minimum atomic E-state index is -5.37. The number of H-pyrrole nitrogens is 1. The minimum absolute atomic E-state index is 0.00950. The van der Waals surface area contributed by atoms with Crippen LogP contribution in [0, 0.1) is 0 Å². The Morgan fingerprint density at radius 3 is 2.53 bits per heavy atom. The Balaban J connectivity index is 1.17. The first kappa shape index (κ1) is 30.0. The van der Waals surface area contributed by atoms with Crippen LogP contribution in [-0.4, -0.2) is 102 Å². The number of imidazole rings is 2. The maximum Gasteiger partial charge on any atom is 0.336 e. The average molecular weight is 675 g/mol. The lowest BCUT2D eigenvalue weighted by atomic mass is 10.1. The molecule has 45 heavy (non-hydrogen) atoms. The molecule has 3 aliphatic heterocycles. The number of nitrogens with one attached hydrogen (secondary N) is 2. The molecule has 0 radical (unpaired) electrons. The molecule has 4 aromatic heterocycles. The zero-order chi connectivity index (χ0) is 31.8. The summed E-state index contributed by atoms with van der Waals surface area (Å²) in [6.45, 7) is -1.69. The molecule has 9 atom stereocenters. The van der Waals surface area contributed by atoms with Gasteiger partial charge in [0.2, 0.25) is 5.95 Å². The number of phosphoric acid groups is 1. The van der Waals surface area contributed by atoms with Crippen molar-refractivity contribution in [3.05, 3.63) is 29.3 Å². The largest absolute Gasteiger partial charge is 0.756 e. The number of nitrogens with two attached hydrogens (primary N) is 2. The number of nitrogens with zero attached hydrogens (tertiary/aromatic N) is 7. The summed E-state index contributed by atoms with van der Waals surface area (Å²) in [5.41, 5.74) is 10.6. The highest BCUT2D eigenvalue weighted by Crippen LogP contribution is 2.47. The van der Waals surface area contributed by atoms with Gasteiger partial charge in [-0.3, -0.25) is 23.5 Å². The number of aromatic nitrogens is 8. The Hall–Kier alpha value is -3.71. The van der Waals surface area contributed by atoms with Gasteiger partial charge in [-0.15, -0.1) is 0 Å². The predicted octanol–water partition coefficient (Wildman–Crippen LogP) is -3.28. The number of aliphatic hydroxyl groups excluding tert-OH is 1. The molecule has 25 heteroatoms. The van der Waals surface area contributed by atoms with E-state index in [-0.39, 0.29) is 34.1 Å². The van der Waals surface area contributed by atoms with Crippen LogP contribution in [0.1, 0.15) is 12.5 Å². The zero-order valence-corrected chi connectivity index (χ0v) is 24.0. The minimum Gasteiger partial charge on any atom is -0.756 e. The van der Waals surface area contributed by atoms with Crippen LogP contribution in [0.5, 0.6) is 0 Å². The number of aromatic amines is 1. The molecule has 0 amide bonds. The van der Waals surface area contributed by atoms with Crippen molar-refractivity contribution >= 4 is 52.2 Å². The lowest BCUT2D eigenvalue weighted by molar-refractivity contribution is -0.235. The summed E-state index contributed by atoms with van der Waals surface area (Å²) in [7, 11) is -10.1. The maximum absolute atomic E-state index is 15.8. The van der Waals surface area contributed by atoms with Gasteiger partial charge in [0.25, 0.3) is 13.4 Å². The van der Waals surface area contributed by atoms with Crippen molar-refractivity contribution in [1.82, 2.24) is 43.8 Å². The van der Waals surface area contributed by atoms with E-state index in [4.69, 9.17) is 34.2 Å². The van der Waals surface area contributed by atoms with Gasteiger partial charge in [0, 0.05) is 6.54 Å². The van der Waals surface area contributed by atoms with Gasteiger partial charge in [0.15, 0.2) is 41.3 Å². The quantitative estimate of drug-likeness (QED) is 0.130. The maximum atomic E-state index is 15.8. The van der Waals surface area contributed by atoms with Gasteiger partial charge in [-0.05, 0) is 0 Å².